The van der Waals surface area contributed by atoms with Gasteiger partial charge in [0, 0.05) is 18.3 Å². The minimum atomic E-state index is -1.32. The number of rotatable bonds is 7. The lowest BCUT2D eigenvalue weighted by atomic mass is 9.44. The van der Waals surface area contributed by atoms with E-state index in [4.69, 9.17) is 42.6 Å². The molecule has 4 N–H and O–H groups in total. The van der Waals surface area contributed by atoms with Crippen molar-refractivity contribution in [2.75, 3.05) is 6.61 Å². The summed E-state index contributed by atoms with van der Waals surface area (Å²) in [5.41, 5.74) is 1.69. The maximum Gasteiger partial charge on any atom is 0.274 e. The Morgan fingerprint density at radius 3 is 2.17 bits per heavy atom. The number of aliphatic hydroxyl groups excluding tert-OH is 4. The van der Waals surface area contributed by atoms with Crippen LogP contribution in [0.3, 0.4) is 0 Å². The van der Waals surface area contributed by atoms with Crippen molar-refractivity contribution >= 4 is 0 Å². The van der Waals surface area contributed by atoms with Crippen LogP contribution in [0.4, 0.5) is 0 Å². The molecule has 20 atom stereocenters. The van der Waals surface area contributed by atoms with Crippen molar-refractivity contribution in [3.8, 4) is 0 Å². The lowest BCUT2D eigenvalue weighted by Crippen LogP contribution is -2.59. The Bertz CT molecular complexity index is 1440. The summed E-state index contributed by atoms with van der Waals surface area (Å²) in [7, 11) is 0. The van der Waals surface area contributed by atoms with Gasteiger partial charge >= 0.3 is 0 Å². The van der Waals surface area contributed by atoms with Crippen LogP contribution in [0.1, 0.15) is 105 Å². The largest absolute Gasteiger partial charge is 0.490 e. The molecule has 13 heteroatoms. The van der Waals surface area contributed by atoms with Crippen molar-refractivity contribution in [1.29, 1.82) is 0 Å². The fourth-order valence-electron chi connectivity index (χ4n) is 13.0. The van der Waals surface area contributed by atoms with Crippen LogP contribution in [0.2, 0.25) is 0 Å². The van der Waals surface area contributed by atoms with Gasteiger partial charge in [0.1, 0.15) is 41.9 Å². The summed E-state index contributed by atoms with van der Waals surface area (Å²) in [6.45, 7) is 13.9. The number of hydrogen-bond donors (Lipinski definition) is 4. The minimum Gasteiger partial charge on any atom is -0.490 e. The van der Waals surface area contributed by atoms with Gasteiger partial charge < -0.3 is 58.3 Å². The molecule has 4 aliphatic carbocycles. The lowest BCUT2D eigenvalue weighted by Gasteiger charge is -2.58. The summed E-state index contributed by atoms with van der Waals surface area (Å²) in [4.78, 5) is 0. The van der Waals surface area contributed by atoms with Gasteiger partial charge in [-0.2, -0.15) is 0 Å². The van der Waals surface area contributed by atoms with E-state index >= 15 is 0 Å². The monoisotopic (exact) mass is 762 g/mol. The molecular weight excluding hydrogens is 700 g/mol. The highest BCUT2D eigenvalue weighted by molar-refractivity contribution is 5.38. The second kappa shape index (κ2) is 13.7. The van der Waals surface area contributed by atoms with Crippen molar-refractivity contribution < 1.29 is 63.1 Å². The van der Waals surface area contributed by atoms with E-state index in [1.165, 1.54) is 24.8 Å². The number of fused-ring (bicyclic) bond motifs is 2. The fraction of sp³-hybridized carbons (Fsp3) is 0.902. The Kier molecular flexibility index (Phi) is 9.72. The molecule has 9 aliphatic rings. The molecule has 8 fully saturated rings. The van der Waals surface area contributed by atoms with Crippen LogP contribution in [0.25, 0.3) is 0 Å². The third kappa shape index (κ3) is 5.93. The molecule has 13 nitrogen and oxygen atoms in total. The summed E-state index contributed by atoms with van der Waals surface area (Å²) in [6.07, 6.45) is 2.79. The zero-order chi connectivity index (χ0) is 37.9. The van der Waals surface area contributed by atoms with Crippen LogP contribution in [0, 0.1) is 28.6 Å². The topological polar surface area (TPSA) is 167 Å². The predicted octanol–water partition coefficient (Wildman–Crippen LogP) is 3.94. The number of aliphatic hydroxyl groups is 4. The molecule has 5 heterocycles. The Hall–Kier alpha value is -1.20. The highest BCUT2D eigenvalue weighted by atomic mass is 16.9. The molecule has 0 unspecified atom stereocenters. The molecule has 4 saturated carbocycles. The van der Waals surface area contributed by atoms with E-state index < -0.39 is 74.2 Å². The second-order valence-corrected chi connectivity index (χ2v) is 18.7. The maximum absolute atomic E-state index is 11.1. The van der Waals surface area contributed by atoms with E-state index in [0.29, 0.717) is 24.4 Å². The molecule has 4 saturated heterocycles. The number of ether oxygens (including phenoxy) is 9. The molecule has 0 aromatic carbocycles. The van der Waals surface area contributed by atoms with E-state index in [2.05, 4.69) is 26.5 Å². The molecule has 54 heavy (non-hydrogen) atoms. The minimum absolute atomic E-state index is 0.0186. The SMILES string of the molecule is C=C1C=C([C@H]2CC[C@]34O[C@@]35CC[C@H]3C[C@@H](O[C@@H]6O[C@H](C)[C@@H](O[C@H]7C[C@H](O)[C@H](O[C@H]8C[C@@H](O)[C@H](O)[C@@H](C)O8)[C@@H](C)O7)[C@@H](O)O6)CC[C@]3(C)[C@H]5CC[C@]24C)CO1. The van der Waals surface area contributed by atoms with Gasteiger partial charge in [-0.3, -0.25) is 4.74 Å². The zero-order valence-electron chi connectivity index (χ0n) is 32.5. The average molecular weight is 763 g/mol. The van der Waals surface area contributed by atoms with Crippen molar-refractivity contribution in [2.24, 2.45) is 28.6 Å². The molecule has 0 aromatic rings. The van der Waals surface area contributed by atoms with Gasteiger partial charge in [0.25, 0.3) is 6.48 Å². The Morgan fingerprint density at radius 1 is 0.741 bits per heavy atom. The van der Waals surface area contributed by atoms with E-state index in [1.54, 1.807) is 13.8 Å². The first-order valence-corrected chi connectivity index (χ1v) is 20.7. The third-order valence-electron chi connectivity index (χ3n) is 15.9. The third-order valence-corrected chi connectivity index (χ3v) is 15.9. The van der Waals surface area contributed by atoms with Crippen LogP contribution >= 0.6 is 0 Å². The molecule has 0 aromatic heterocycles. The second-order valence-electron chi connectivity index (χ2n) is 18.7. The first kappa shape index (κ1) is 38.3. The highest BCUT2D eigenvalue weighted by Crippen LogP contribution is 2.81. The van der Waals surface area contributed by atoms with Gasteiger partial charge in [-0.1, -0.05) is 20.4 Å². The quantitative estimate of drug-likeness (QED) is 0.276. The molecule has 0 bridgehead atoms. The average Bonchev–Trinajstić information content (AvgIpc) is 3.43. The maximum atomic E-state index is 11.1. The van der Waals surface area contributed by atoms with Crippen LogP contribution in [-0.2, 0) is 42.6 Å². The number of epoxide rings is 1. The zero-order valence-corrected chi connectivity index (χ0v) is 32.5. The van der Waals surface area contributed by atoms with Gasteiger partial charge in [-0.05, 0) is 113 Å². The smallest absolute Gasteiger partial charge is 0.274 e. The van der Waals surface area contributed by atoms with Crippen LogP contribution in [-0.4, -0.2) is 119 Å². The number of allylic oxidation sites excluding steroid dienone is 1. The molecule has 0 amide bonds. The summed E-state index contributed by atoms with van der Waals surface area (Å²) in [6, 6.07) is 0. The summed E-state index contributed by atoms with van der Waals surface area (Å²) in [5.74, 6) is 2.35. The summed E-state index contributed by atoms with van der Waals surface area (Å²) >= 11 is 0. The summed E-state index contributed by atoms with van der Waals surface area (Å²) < 4.78 is 55.2. The first-order chi connectivity index (χ1) is 25.7. The summed E-state index contributed by atoms with van der Waals surface area (Å²) in [5, 5.41) is 42.2. The lowest BCUT2D eigenvalue weighted by molar-refractivity contribution is -0.430. The number of hydrogen-bond acceptors (Lipinski definition) is 13. The first-order valence-electron chi connectivity index (χ1n) is 20.7. The van der Waals surface area contributed by atoms with Crippen LogP contribution < -0.4 is 0 Å². The van der Waals surface area contributed by atoms with Gasteiger partial charge in [0.15, 0.2) is 18.9 Å². The molecule has 304 valence electrons. The Morgan fingerprint density at radius 2 is 1.46 bits per heavy atom. The predicted molar refractivity (Wildman–Crippen MR) is 190 cm³/mol. The molecular formula is C41H62O13. The van der Waals surface area contributed by atoms with E-state index in [1.807, 2.05) is 6.92 Å². The van der Waals surface area contributed by atoms with Gasteiger partial charge in [0.2, 0.25) is 0 Å². The van der Waals surface area contributed by atoms with E-state index in [-0.39, 0.29) is 41.0 Å². The van der Waals surface area contributed by atoms with E-state index in [9.17, 15) is 20.4 Å². The van der Waals surface area contributed by atoms with Crippen molar-refractivity contribution in [3.05, 3.63) is 24.0 Å². The van der Waals surface area contributed by atoms with Gasteiger partial charge in [0.05, 0.1) is 36.6 Å². The Balaban J connectivity index is 0.770. The van der Waals surface area contributed by atoms with Gasteiger partial charge in [-0.15, -0.1) is 0 Å². The van der Waals surface area contributed by atoms with Gasteiger partial charge in [-0.25, -0.2) is 0 Å². The van der Waals surface area contributed by atoms with Crippen molar-refractivity contribution in [1.82, 2.24) is 0 Å². The molecule has 0 radical (unpaired) electrons. The van der Waals surface area contributed by atoms with Crippen LogP contribution in [0.15, 0.2) is 24.0 Å². The van der Waals surface area contributed by atoms with Crippen molar-refractivity contribution in [2.45, 2.75) is 197 Å². The Labute approximate surface area is 318 Å². The highest BCUT2D eigenvalue weighted by Gasteiger charge is 2.86. The molecule has 2 spiro atoms. The molecule has 9 rings (SSSR count). The van der Waals surface area contributed by atoms with Crippen molar-refractivity contribution in [3.63, 3.8) is 0 Å². The standard InChI is InChI=1S/C41H62O13/c1-20-15-24(19-46-20)27-9-14-41-39(27,6)12-10-30-38(5)11-8-26(16-25(38)7-13-40(30,41)54-41)50-37-49-23(4)35(36(45)53-37)52-32-18-29(43)34(22(3)48-32)51-31-17-28(42)33(44)21(2)47-31/h15,21-23,25-37,42-45H,1,7-14,16-19H2,2-6H3/t21-,22-,23-,25+,26+,27-,28-,29+,30-,31+,32+,33-,34-,35-,36+,37+,38+,39-,40-,41-/m1/s1. The van der Waals surface area contributed by atoms with E-state index in [0.717, 1.165) is 44.3 Å². The normalized spacial score (nSPS) is 56.9. The fourth-order valence-corrected chi connectivity index (χ4v) is 13.0. The van der Waals surface area contributed by atoms with Crippen LogP contribution in [0.5, 0.6) is 0 Å². The molecule has 5 aliphatic heterocycles.